The molecule has 0 fully saturated rings. The fourth-order valence-electron chi connectivity index (χ4n) is 1.48. The Hall–Kier alpha value is -2.51. The van der Waals surface area contributed by atoms with Gasteiger partial charge in [0.15, 0.2) is 12.0 Å². The lowest BCUT2D eigenvalue weighted by molar-refractivity contribution is 0.0947. The molecule has 2 aromatic rings. The zero-order valence-electron chi connectivity index (χ0n) is 11.2. The van der Waals surface area contributed by atoms with Gasteiger partial charge >= 0.3 is 0 Å². The summed E-state index contributed by atoms with van der Waals surface area (Å²) in [5, 5.41) is 17.1. The quantitative estimate of drug-likeness (QED) is 0.764. The van der Waals surface area contributed by atoms with Gasteiger partial charge in [0.05, 0.1) is 0 Å². The van der Waals surface area contributed by atoms with E-state index in [4.69, 9.17) is 4.52 Å². The van der Waals surface area contributed by atoms with E-state index in [-0.39, 0.29) is 11.6 Å². The Labute approximate surface area is 116 Å². The fourth-order valence-corrected chi connectivity index (χ4v) is 1.48. The maximum absolute atomic E-state index is 11.8. The SMILES string of the molecule is CCCNc1ccc(C(=O)NCCc2ncno2)nn1. The standard InChI is InChI=1S/C12H16N6O2/c1-2-6-13-10-4-3-9(17-18-10)12(19)14-7-5-11-15-8-16-20-11/h3-4,8H,2,5-7H2,1H3,(H,13,18)(H,14,19). The summed E-state index contributed by atoms with van der Waals surface area (Å²) in [6, 6.07) is 3.36. The van der Waals surface area contributed by atoms with Gasteiger partial charge in [-0.05, 0) is 18.6 Å². The van der Waals surface area contributed by atoms with Gasteiger partial charge in [-0.1, -0.05) is 12.1 Å². The molecule has 8 heteroatoms. The van der Waals surface area contributed by atoms with Crippen LogP contribution in [0.25, 0.3) is 0 Å². The first-order valence-electron chi connectivity index (χ1n) is 6.41. The van der Waals surface area contributed by atoms with E-state index < -0.39 is 0 Å². The Kier molecular flexibility index (Phi) is 4.99. The summed E-state index contributed by atoms with van der Waals surface area (Å²) >= 11 is 0. The van der Waals surface area contributed by atoms with Crippen LogP contribution in [-0.2, 0) is 6.42 Å². The van der Waals surface area contributed by atoms with Crippen molar-refractivity contribution >= 4 is 11.7 Å². The highest BCUT2D eigenvalue weighted by atomic mass is 16.5. The molecule has 20 heavy (non-hydrogen) atoms. The lowest BCUT2D eigenvalue weighted by atomic mass is 10.3. The monoisotopic (exact) mass is 276 g/mol. The van der Waals surface area contributed by atoms with E-state index in [2.05, 4.69) is 37.9 Å². The van der Waals surface area contributed by atoms with E-state index in [1.165, 1.54) is 6.33 Å². The minimum atomic E-state index is -0.279. The molecule has 0 aliphatic rings. The highest BCUT2D eigenvalue weighted by molar-refractivity contribution is 5.92. The summed E-state index contributed by atoms with van der Waals surface area (Å²) in [6.07, 6.45) is 2.81. The molecule has 2 rings (SSSR count). The van der Waals surface area contributed by atoms with Crippen molar-refractivity contribution in [1.29, 1.82) is 0 Å². The average Bonchev–Trinajstić information content (AvgIpc) is 2.99. The molecule has 0 saturated carbocycles. The summed E-state index contributed by atoms with van der Waals surface area (Å²) in [6.45, 7) is 3.29. The molecule has 0 aliphatic heterocycles. The van der Waals surface area contributed by atoms with Crippen molar-refractivity contribution in [2.24, 2.45) is 0 Å². The number of carbonyl (C=O) groups is 1. The number of anilines is 1. The summed E-state index contributed by atoms with van der Waals surface area (Å²) in [4.78, 5) is 15.7. The number of aromatic nitrogens is 4. The third-order valence-corrected chi connectivity index (χ3v) is 2.48. The van der Waals surface area contributed by atoms with Crippen molar-refractivity contribution in [3.63, 3.8) is 0 Å². The molecular formula is C12H16N6O2. The molecule has 0 saturated heterocycles. The minimum absolute atomic E-state index is 0.276. The van der Waals surface area contributed by atoms with Crippen LogP contribution in [0.2, 0.25) is 0 Å². The number of nitrogens with one attached hydrogen (secondary N) is 2. The van der Waals surface area contributed by atoms with E-state index in [0.29, 0.717) is 24.7 Å². The Balaban J connectivity index is 1.79. The zero-order chi connectivity index (χ0) is 14.2. The Morgan fingerprint density at radius 2 is 2.20 bits per heavy atom. The predicted molar refractivity (Wildman–Crippen MR) is 71.1 cm³/mol. The minimum Gasteiger partial charge on any atom is -0.369 e. The van der Waals surface area contributed by atoms with Crippen LogP contribution in [0, 0.1) is 0 Å². The topological polar surface area (TPSA) is 106 Å². The smallest absolute Gasteiger partial charge is 0.271 e. The van der Waals surface area contributed by atoms with Crippen molar-refractivity contribution in [3.8, 4) is 0 Å². The molecular weight excluding hydrogens is 260 g/mol. The van der Waals surface area contributed by atoms with Crippen LogP contribution in [0.4, 0.5) is 5.82 Å². The Morgan fingerprint density at radius 3 is 2.85 bits per heavy atom. The van der Waals surface area contributed by atoms with E-state index in [9.17, 15) is 4.79 Å². The molecule has 0 unspecified atom stereocenters. The highest BCUT2D eigenvalue weighted by Gasteiger charge is 2.08. The molecule has 1 amide bonds. The largest absolute Gasteiger partial charge is 0.369 e. The van der Waals surface area contributed by atoms with Crippen LogP contribution >= 0.6 is 0 Å². The van der Waals surface area contributed by atoms with Crippen molar-refractivity contribution in [3.05, 3.63) is 30.0 Å². The maximum Gasteiger partial charge on any atom is 0.271 e. The summed E-state index contributed by atoms with van der Waals surface area (Å²) in [5.74, 6) is 0.865. The summed E-state index contributed by atoms with van der Waals surface area (Å²) in [5.41, 5.74) is 0.276. The first kappa shape index (κ1) is 13.9. The van der Waals surface area contributed by atoms with Gasteiger partial charge in [0.2, 0.25) is 5.89 Å². The molecule has 2 N–H and O–H groups in total. The van der Waals surface area contributed by atoms with Crippen LogP contribution in [0.5, 0.6) is 0 Å². The number of amides is 1. The Bertz CT molecular complexity index is 525. The fraction of sp³-hybridized carbons (Fsp3) is 0.417. The van der Waals surface area contributed by atoms with Crippen molar-refractivity contribution in [1.82, 2.24) is 25.7 Å². The van der Waals surface area contributed by atoms with Crippen molar-refractivity contribution in [2.45, 2.75) is 19.8 Å². The van der Waals surface area contributed by atoms with Crippen molar-refractivity contribution < 1.29 is 9.32 Å². The third kappa shape index (κ3) is 4.01. The van der Waals surface area contributed by atoms with Gasteiger partial charge in [-0.2, -0.15) is 4.98 Å². The molecule has 0 aromatic carbocycles. The molecule has 0 bridgehead atoms. The van der Waals surface area contributed by atoms with Gasteiger partial charge in [0, 0.05) is 19.5 Å². The second-order valence-electron chi connectivity index (χ2n) is 4.07. The summed E-state index contributed by atoms with van der Waals surface area (Å²) in [7, 11) is 0. The van der Waals surface area contributed by atoms with Gasteiger partial charge < -0.3 is 15.2 Å². The zero-order valence-corrected chi connectivity index (χ0v) is 11.2. The highest BCUT2D eigenvalue weighted by Crippen LogP contribution is 2.02. The van der Waals surface area contributed by atoms with E-state index >= 15 is 0 Å². The first-order chi connectivity index (χ1) is 9.79. The van der Waals surface area contributed by atoms with E-state index in [1.807, 2.05) is 0 Å². The van der Waals surface area contributed by atoms with Crippen molar-refractivity contribution in [2.75, 3.05) is 18.4 Å². The van der Waals surface area contributed by atoms with Gasteiger partial charge in [-0.25, -0.2) is 0 Å². The number of hydrogen-bond donors (Lipinski definition) is 2. The van der Waals surface area contributed by atoms with E-state index in [0.717, 1.165) is 13.0 Å². The van der Waals surface area contributed by atoms with Crippen LogP contribution < -0.4 is 10.6 Å². The maximum atomic E-state index is 11.8. The lowest BCUT2D eigenvalue weighted by Crippen LogP contribution is -2.27. The van der Waals surface area contributed by atoms with E-state index in [1.54, 1.807) is 12.1 Å². The first-order valence-corrected chi connectivity index (χ1v) is 6.41. The van der Waals surface area contributed by atoms with Gasteiger partial charge in [0.1, 0.15) is 5.82 Å². The van der Waals surface area contributed by atoms with Gasteiger partial charge in [-0.3, -0.25) is 4.79 Å². The van der Waals surface area contributed by atoms with Crippen LogP contribution in [0.15, 0.2) is 23.0 Å². The third-order valence-electron chi connectivity index (χ3n) is 2.48. The molecule has 106 valence electrons. The molecule has 2 aromatic heterocycles. The Morgan fingerprint density at radius 1 is 1.30 bits per heavy atom. The van der Waals surface area contributed by atoms with Crippen LogP contribution in [0.1, 0.15) is 29.7 Å². The van der Waals surface area contributed by atoms with Gasteiger partial charge in [-0.15, -0.1) is 10.2 Å². The number of nitrogens with zero attached hydrogens (tertiary/aromatic N) is 4. The lowest BCUT2D eigenvalue weighted by Gasteiger charge is -2.04. The molecule has 2 heterocycles. The molecule has 0 aliphatic carbocycles. The molecule has 8 nitrogen and oxygen atoms in total. The number of rotatable bonds is 7. The second kappa shape index (κ2) is 7.17. The van der Waals surface area contributed by atoms with Gasteiger partial charge in [0.25, 0.3) is 5.91 Å². The predicted octanol–water partition coefficient (Wildman–Crippen LogP) is 0.654. The van der Waals surface area contributed by atoms with Crippen LogP contribution in [0.3, 0.4) is 0 Å². The summed E-state index contributed by atoms with van der Waals surface area (Å²) < 4.78 is 4.83. The molecule has 0 atom stereocenters. The average molecular weight is 276 g/mol. The van der Waals surface area contributed by atoms with Crippen LogP contribution in [-0.4, -0.2) is 39.3 Å². The second-order valence-corrected chi connectivity index (χ2v) is 4.07. The number of hydrogen-bond acceptors (Lipinski definition) is 7. The number of carbonyl (C=O) groups excluding carboxylic acids is 1. The normalized spacial score (nSPS) is 10.2. The molecule has 0 spiro atoms. The molecule has 0 radical (unpaired) electrons.